The first-order valence-electron chi connectivity index (χ1n) is 19.5. The molecule has 2 fully saturated rings. The van der Waals surface area contributed by atoms with Crippen molar-refractivity contribution in [1.82, 2.24) is 21.3 Å². The number of rotatable bonds is 13. The lowest BCUT2D eigenvalue weighted by Crippen LogP contribution is -2.56. The number of thiophene rings is 2. The number of alkyl carbamates (subject to hydrolysis) is 2. The standard InChI is InChI=1S/C22H26FN3O4S.C22H24FN3O3S/c1-21(2,3)30-20(29)25-16(11-17-15(23)9-10-31-17)18(27)26-22(19(24)28)12-14(22)13-7-5-4-6-8-13;1-21(2,3)29-20(28)25-17(11-18-16(23)9-10-30-18)19(27)26-22(13-24)12-15(22)14-7-5-4-6-8-14/h4-10,14,16H,11-12H2,1-3H3,(H2,24,28)(H,25,29)(H,26,27);4-10,15,17H,11-12H2,1-3H3,(H,25,28)(H,26,27)/t14?,16?,22-;15?,17?,22-/m10/s1. The van der Waals surface area contributed by atoms with Gasteiger partial charge in [0.25, 0.3) is 0 Å². The topological polar surface area (TPSA) is 202 Å². The minimum Gasteiger partial charge on any atom is -0.444 e. The Morgan fingerprint density at radius 2 is 1.15 bits per heavy atom. The van der Waals surface area contributed by atoms with Crippen LogP contribution in [-0.2, 0) is 36.7 Å². The van der Waals surface area contributed by atoms with Crippen LogP contribution in [0.2, 0.25) is 0 Å². The zero-order valence-corrected chi connectivity index (χ0v) is 36.3. The van der Waals surface area contributed by atoms with Crippen LogP contribution in [0.25, 0.3) is 0 Å². The van der Waals surface area contributed by atoms with E-state index in [0.717, 1.165) is 33.8 Å². The molecular weight excluding hydrogens is 827 g/mol. The average molecular weight is 877 g/mol. The monoisotopic (exact) mass is 876 g/mol. The molecule has 13 nitrogen and oxygen atoms in total. The van der Waals surface area contributed by atoms with Crippen LogP contribution < -0.4 is 27.0 Å². The molecule has 6 N–H and O–H groups in total. The normalized spacial score (nSPS) is 21.2. The minimum atomic E-state index is -1.25. The molecule has 0 radical (unpaired) electrons. The van der Waals surface area contributed by atoms with Crippen molar-refractivity contribution in [3.05, 3.63) is 116 Å². The second kappa shape index (κ2) is 18.8. The van der Waals surface area contributed by atoms with Crippen LogP contribution in [0.4, 0.5) is 18.4 Å². The molecule has 4 unspecified atom stereocenters. The minimum absolute atomic E-state index is 0.0356. The molecule has 0 bridgehead atoms. The van der Waals surface area contributed by atoms with Gasteiger partial charge in [-0.05, 0) is 88.4 Å². The van der Waals surface area contributed by atoms with Crippen molar-refractivity contribution >= 4 is 52.6 Å². The molecule has 2 aromatic carbocycles. The molecule has 0 aliphatic heterocycles. The zero-order valence-electron chi connectivity index (χ0n) is 34.7. The molecule has 6 rings (SSSR count). The maximum absolute atomic E-state index is 14.0. The van der Waals surface area contributed by atoms with Crippen molar-refractivity contribution < 1.29 is 42.2 Å². The number of carbonyl (C=O) groups excluding carboxylic acids is 5. The molecule has 2 heterocycles. The number of hydrogen-bond donors (Lipinski definition) is 5. The number of amides is 5. The van der Waals surface area contributed by atoms with E-state index in [9.17, 15) is 38.0 Å². The van der Waals surface area contributed by atoms with Crippen LogP contribution in [0.1, 0.15) is 87.1 Å². The molecule has 17 heteroatoms. The van der Waals surface area contributed by atoms with Crippen LogP contribution in [0, 0.1) is 23.0 Å². The van der Waals surface area contributed by atoms with Crippen LogP contribution in [-0.4, -0.2) is 64.3 Å². The summed E-state index contributed by atoms with van der Waals surface area (Å²) in [6.45, 7) is 10.2. The van der Waals surface area contributed by atoms with Gasteiger partial charge in [-0.2, -0.15) is 5.26 Å². The summed E-state index contributed by atoms with van der Waals surface area (Å²) in [7, 11) is 0. The van der Waals surface area contributed by atoms with E-state index in [4.69, 9.17) is 15.2 Å². The summed E-state index contributed by atoms with van der Waals surface area (Å²) in [5.41, 5.74) is 3.65. The smallest absolute Gasteiger partial charge is 0.408 e. The summed E-state index contributed by atoms with van der Waals surface area (Å²) >= 11 is 2.29. The third-order valence-corrected chi connectivity index (χ3v) is 11.7. The summed E-state index contributed by atoms with van der Waals surface area (Å²) in [5.74, 6) is -3.14. The number of nitrogens with zero attached hydrogens (tertiary/aromatic N) is 1. The van der Waals surface area contributed by atoms with E-state index in [0.29, 0.717) is 22.6 Å². The van der Waals surface area contributed by atoms with Gasteiger partial charge >= 0.3 is 12.2 Å². The Morgan fingerprint density at radius 1 is 0.721 bits per heavy atom. The fraction of sp³-hybridized carbons (Fsp3) is 0.409. The highest BCUT2D eigenvalue weighted by atomic mass is 32.1. The number of nitrogens with two attached hydrogens (primary N) is 1. The number of benzene rings is 2. The largest absolute Gasteiger partial charge is 0.444 e. The predicted octanol–water partition coefficient (Wildman–Crippen LogP) is 6.74. The van der Waals surface area contributed by atoms with Gasteiger partial charge in [-0.25, -0.2) is 18.4 Å². The van der Waals surface area contributed by atoms with Crippen LogP contribution in [0.15, 0.2) is 83.6 Å². The molecule has 61 heavy (non-hydrogen) atoms. The van der Waals surface area contributed by atoms with E-state index >= 15 is 0 Å². The van der Waals surface area contributed by atoms with Gasteiger partial charge in [-0.1, -0.05) is 60.7 Å². The average Bonchev–Trinajstić information content (AvgIpc) is 3.99. The maximum Gasteiger partial charge on any atom is 0.408 e. The van der Waals surface area contributed by atoms with Crippen molar-refractivity contribution in [3.8, 4) is 6.07 Å². The number of nitriles is 1. The molecule has 2 aliphatic carbocycles. The van der Waals surface area contributed by atoms with Gasteiger partial charge in [0.05, 0.1) is 6.07 Å². The van der Waals surface area contributed by atoms with Crippen molar-refractivity contribution in [2.75, 3.05) is 0 Å². The van der Waals surface area contributed by atoms with E-state index in [-0.39, 0.29) is 24.7 Å². The van der Waals surface area contributed by atoms with Gasteiger partial charge in [-0.3, -0.25) is 14.4 Å². The molecule has 5 amide bonds. The Hall–Kier alpha value is -5.86. The van der Waals surface area contributed by atoms with E-state index in [1.54, 1.807) is 52.3 Å². The number of primary amides is 1. The van der Waals surface area contributed by atoms with Gasteiger partial charge in [-0.15, -0.1) is 22.7 Å². The number of nitrogens with one attached hydrogen (secondary N) is 4. The van der Waals surface area contributed by atoms with Crippen molar-refractivity contribution in [2.24, 2.45) is 5.73 Å². The van der Waals surface area contributed by atoms with Crippen LogP contribution >= 0.6 is 22.7 Å². The first-order valence-corrected chi connectivity index (χ1v) is 21.3. The van der Waals surface area contributed by atoms with E-state index in [1.165, 1.54) is 12.1 Å². The quantitative estimate of drug-likeness (QED) is 0.0972. The summed E-state index contributed by atoms with van der Waals surface area (Å²) in [5, 5.41) is 23.4. The summed E-state index contributed by atoms with van der Waals surface area (Å²) in [6, 6.07) is 21.3. The van der Waals surface area contributed by atoms with Crippen molar-refractivity contribution in [1.29, 1.82) is 5.26 Å². The van der Waals surface area contributed by atoms with Gasteiger partial charge < -0.3 is 36.5 Å². The Morgan fingerprint density at radius 3 is 1.52 bits per heavy atom. The lowest BCUT2D eigenvalue weighted by molar-refractivity contribution is -0.129. The maximum atomic E-state index is 14.0. The fourth-order valence-electron chi connectivity index (χ4n) is 6.71. The summed E-state index contributed by atoms with van der Waals surface area (Å²) < 4.78 is 38.5. The van der Waals surface area contributed by atoms with E-state index < -0.39 is 75.9 Å². The number of halogens is 2. The van der Waals surface area contributed by atoms with E-state index in [2.05, 4.69) is 27.3 Å². The molecule has 4 aromatic rings. The summed E-state index contributed by atoms with van der Waals surface area (Å²) in [4.78, 5) is 63.6. The van der Waals surface area contributed by atoms with Gasteiger partial charge in [0.1, 0.15) is 46.0 Å². The Kier molecular flexibility index (Phi) is 14.3. The SMILES string of the molecule is CC(C)(C)OC(=O)NC(Cc1sccc1F)C(=O)N[C@]1(C#N)CC1c1ccccc1.CC(C)(C)OC(=O)NC(Cc1sccc1F)C(=O)N[C@]1(C(N)=O)CC1c1ccccc1. The van der Waals surface area contributed by atoms with Crippen molar-refractivity contribution in [3.63, 3.8) is 0 Å². The third kappa shape index (κ3) is 12.4. The Bertz CT molecular complexity index is 2250. The molecule has 2 aromatic heterocycles. The highest BCUT2D eigenvalue weighted by molar-refractivity contribution is 7.10. The van der Waals surface area contributed by atoms with Gasteiger partial charge in [0, 0.05) is 34.4 Å². The Labute approximate surface area is 361 Å². The lowest BCUT2D eigenvalue weighted by atomic mass is 10.0. The zero-order chi connectivity index (χ0) is 44.8. The van der Waals surface area contributed by atoms with Crippen molar-refractivity contribution in [2.45, 2.75) is 113 Å². The van der Waals surface area contributed by atoms with Gasteiger partial charge in [0.2, 0.25) is 17.7 Å². The third-order valence-electron chi connectivity index (χ3n) is 9.83. The fourth-order valence-corrected chi connectivity index (χ4v) is 8.30. The number of carbonyl (C=O) groups is 5. The van der Waals surface area contributed by atoms with E-state index in [1.807, 2.05) is 60.7 Å². The second-order valence-corrected chi connectivity index (χ2v) is 18.9. The second-order valence-electron chi connectivity index (χ2n) is 16.9. The molecular formula is C44H50F2N6O7S2. The molecule has 2 aliphatic rings. The van der Waals surface area contributed by atoms with Crippen LogP contribution in [0.3, 0.4) is 0 Å². The molecule has 0 spiro atoms. The number of ether oxygens (including phenoxy) is 2. The van der Waals surface area contributed by atoms with Gasteiger partial charge in [0.15, 0.2) is 0 Å². The first-order chi connectivity index (χ1) is 28.6. The summed E-state index contributed by atoms with van der Waals surface area (Å²) in [6.07, 6.45) is -0.879. The molecule has 6 atom stereocenters. The highest BCUT2D eigenvalue weighted by Crippen LogP contribution is 2.52. The predicted molar refractivity (Wildman–Crippen MR) is 226 cm³/mol. The lowest BCUT2D eigenvalue weighted by Gasteiger charge is -2.25. The first kappa shape index (κ1) is 46.2. The molecule has 2 saturated carbocycles. The molecule has 324 valence electrons. The van der Waals surface area contributed by atoms with Crippen LogP contribution in [0.5, 0.6) is 0 Å². The Balaban J connectivity index is 0.000000231. The molecule has 0 saturated heterocycles. The highest BCUT2D eigenvalue weighted by Gasteiger charge is 2.61. The number of hydrogen-bond acceptors (Lipinski definition) is 10.